The number of carbonyl (C=O) groups excluding carboxylic acids is 1. The van der Waals surface area contributed by atoms with Gasteiger partial charge in [0.1, 0.15) is 0 Å². The van der Waals surface area contributed by atoms with Gasteiger partial charge in [-0.05, 0) is 12.5 Å². The number of likely N-dealkylation sites (tertiary alicyclic amines) is 1. The van der Waals surface area contributed by atoms with E-state index in [0.717, 1.165) is 0 Å². The van der Waals surface area contributed by atoms with E-state index in [-0.39, 0.29) is 24.7 Å². The van der Waals surface area contributed by atoms with Gasteiger partial charge in [-0.3, -0.25) is 9.78 Å². The van der Waals surface area contributed by atoms with Crippen LogP contribution in [-0.2, 0) is 4.74 Å². The van der Waals surface area contributed by atoms with Crippen molar-refractivity contribution in [1.82, 2.24) is 24.9 Å². The van der Waals surface area contributed by atoms with Crippen molar-refractivity contribution in [3.63, 3.8) is 0 Å². The SMILES string of the molecule is CO[C@H]1C[C@@H](CO)N(C(=O)c2cncc(-n3ccnn3)c2)C1. The molecule has 0 aromatic carbocycles. The number of pyridine rings is 1. The third kappa shape index (κ3) is 2.70. The minimum Gasteiger partial charge on any atom is -0.394 e. The predicted molar refractivity (Wildman–Crippen MR) is 76.5 cm³/mol. The zero-order chi connectivity index (χ0) is 15.5. The summed E-state index contributed by atoms with van der Waals surface area (Å²) in [6.45, 7) is 0.385. The molecule has 1 saturated heterocycles. The monoisotopic (exact) mass is 303 g/mol. The Kier molecular flexibility index (Phi) is 4.12. The maximum atomic E-state index is 12.7. The maximum absolute atomic E-state index is 12.7. The van der Waals surface area contributed by atoms with Gasteiger partial charge in [0.2, 0.25) is 0 Å². The Hall–Kier alpha value is -2.32. The van der Waals surface area contributed by atoms with Gasteiger partial charge in [-0.2, -0.15) is 0 Å². The lowest BCUT2D eigenvalue weighted by atomic mass is 10.2. The van der Waals surface area contributed by atoms with E-state index in [4.69, 9.17) is 4.74 Å². The number of hydrogen-bond donors (Lipinski definition) is 1. The van der Waals surface area contributed by atoms with E-state index in [1.807, 2.05) is 0 Å². The smallest absolute Gasteiger partial charge is 0.255 e. The molecule has 0 bridgehead atoms. The maximum Gasteiger partial charge on any atom is 0.255 e. The summed E-state index contributed by atoms with van der Waals surface area (Å²) in [7, 11) is 1.61. The second kappa shape index (κ2) is 6.20. The molecular formula is C14H17N5O3. The number of rotatable bonds is 4. The first-order chi connectivity index (χ1) is 10.7. The largest absolute Gasteiger partial charge is 0.394 e. The summed E-state index contributed by atoms with van der Waals surface area (Å²) in [6, 6.07) is 1.48. The zero-order valence-electron chi connectivity index (χ0n) is 12.2. The molecule has 8 nitrogen and oxygen atoms in total. The summed E-state index contributed by atoms with van der Waals surface area (Å²) in [5.41, 5.74) is 1.11. The number of hydrogen-bond acceptors (Lipinski definition) is 6. The normalized spacial score (nSPS) is 21.3. The summed E-state index contributed by atoms with van der Waals surface area (Å²) in [4.78, 5) is 18.4. The molecule has 2 atom stereocenters. The average molecular weight is 303 g/mol. The molecule has 0 unspecified atom stereocenters. The predicted octanol–water partition coefficient (Wildman–Crippen LogP) is -0.116. The van der Waals surface area contributed by atoms with Crippen LogP contribution < -0.4 is 0 Å². The van der Waals surface area contributed by atoms with Crippen LogP contribution in [0.1, 0.15) is 16.8 Å². The molecule has 3 rings (SSSR count). The second-order valence-electron chi connectivity index (χ2n) is 5.17. The van der Waals surface area contributed by atoms with Gasteiger partial charge in [-0.15, -0.1) is 5.10 Å². The number of aliphatic hydroxyl groups excluding tert-OH is 1. The number of nitrogens with zero attached hydrogens (tertiary/aromatic N) is 5. The lowest BCUT2D eigenvalue weighted by molar-refractivity contribution is 0.0647. The molecule has 0 radical (unpaired) electrons. The summed E-state index contributed by atoms with van der Waals surface area (Å²) in [5.74, 6) is -0.173. The first-order valence-corrected chi connectivity index (χ1v) is 6.99. The number of amides is 1. The Balaban J connectivity index is 1.84. The van der Waals surface area contributed by atoms with Gasteiger partial charge < -0.3 is 14.7 Å². The Labute approximate surface area is 127 Å². The summed E-state index contributed by atoms with van der Waals surface area (Å²) in [6.07, 6.45) is 6.94. The first-order valence-electron chi connectivity index (χ1n) is 6.99. The quantitative estimate of drug-likeness (QED) is 0.846. The summed E-state index contributed by atoms with van der Waals surface area (Å²) >= 11 is 0. The molecule has 1 aliphatic rings. The van der Waals surface area contributed by atoms with Crippen molar-refractivity contribution in [2.24, 2.45) is 0 Å². The molecule has 1 N–H and O–H groups in total. The molecule has 8 heteroatoms. The van der Waals surface area contributed by atoms with Crippen LogP contribution in [0.25, 0.3) is 5.69 Å². The van der Waals surface area contributed by atoms with Crippen LogP contribution >= 0.6 is 0 Å². The fourth-order valence-electron chi connectivity index (χ4n) is 2.65. The Morgan fingerprint density at radius 2 is 2.36 bits per heavy atom. The van der Waals surface area contributed by atoms with Gasteiger partial charge in [-0.1, -0.05) is 5.21 Å². The minimum atomic E-state index is -0.229. The molecule has 1 fully saturated rings. The van der Waals surface area contributed by atoms with Gasteiger partial charge >= 0.3 is 0 Å². The molecule has 2 aromatic rings. The molecule has 0 spiro atoms. The van der Waals surface area contributed by atoms with Crippen LogP contribution in [0.5, 0.6) is 0 Å². The van der Waals surface area contributed by atoms with Crippen molar-refractivity contribution in [2.45, 2.75) is 18.6 Å². The van der Waals surface area contributed by atoms with Crippen molar-refractivity contribution in [3.8, 4) is 5.69 Å². The van der Waals surface area contributed by atoms with Crippen molar-refractivity contribution in [1.29, 1.82) is 0 Å². The van der Waals surface area contributed by atoms with Crippen molar-refractivity contribution < 1.29 is 14.6 Å². The van der Waals surface area contributed by atoms with E-state index < -0.39 is 0 Å². The van der Waals surface area contributed by atoms with Gasteiger partial charge in [0.15, 0.2) is 0 Å². The van der Waals surface area contributed by atoms with Crippen LogP contribution in [0, 0.1) is 0 Å². The zero-order valence-corrected chi connectivity index (χ0v) is 12.2. The standard InChI is InChI=1S/C14H17N5O3/c1-22-13-5-12(9-20)18(8-13)14(21)10-4-11(7-15-6-10)19-3-2-16-17-19/h2-4,6-7,12-13,20H,5,8-9H2,1H3/t12-,13-/m0/s1. The van der Waals surface area contributed by atoms with E-state index in [1.165, 1.54) is 10.9 Å². The number of aliphatic hydroxyl groups is 1. The second-order valence-corrected chi connectivity index (χ2v) is 5.17. The molecule has 22 heavy (non-hydrogen) atoms. The molecular weight excluding hydrogens is 286 g/mol. The Bertz CT molecular complexity index is 646. The molecule has 1 amide bonds. The van der Waals surface area contributed by atoms with E-state index in [1.54, 1.807) is 36.7 Å². The summed E-state index contributed by atoms with van der Waals surface area (Å²) in [5, 5.41) is 17.1. The minimum absolute atomic E-state index is 0.0486. The van der Waals surface area contributed by atoms with Crippen LogP contribution in [0.4, 0.5) is 0 Å². The number of methoxy groups -OCH3 is 1. The molecule has 3 heterocycles. The Morgan fingerprint density at radius 1 is 1.50 bits per heavy atom. The molecule has 1 aliphatic heterocycles. The van der Waals surface area contributed by atoms with Crippen LogP contribution in [0.3, 0.4) is 0 Å². The van der Waals surface area contributed by atoms with Gasteiger partial charge in [0, 0.05) is 19.9 Å². The fourth-order valence-corrected chi connectivity index (χ4v) is 2.65. The van der Waals surface area contributed by atoms with Crippen molar-refractivity contribution in [2.75, 3.05) is 20.3 Å². The van der Waals surface area contributed by atoms with Crippen molar-refractivity contribution in [3.05, 3.63) is 36.4 Å². The van der Waals surface area contributed by atoms with Crippen LogP contribution in [0.2, 0.25) is 0 Å². The Morgan fingerprint density at radius 3 is 3.05 bits per heavy atom. The molecule has 0 saturated carbocycles. The lowest BCUT2D eigenvalue weighted by Gasteiger charge is -2.22. The third-order valence-corrected chi connectivity index (χ3v) is 3.84. The van der Waals surface area contributed by atoms with E-state index >= 15 is 0 Å². The lowest BCUT2D eigenvalue weighted by Crippen LogP contribution is -2.38. The summed E-state index contributed by atoms with van der Waals surface area (Å²) < 4.78 is 6.84. The highest BCUT2D eigenvalue weighted by Gasteiger charge is 2.35. The molecule has 116 valence electrons. The van der Waals surface area contributed by atoms with Crippen LogP contribution in [-0.4, -0.2) is 68.3 Å². The highest BCUT2D eigenvalue weighted by molar-refractivity contribution is 5.94. The van der Waals surface area contributed by atoms with E-state index in [9.17, 15) is 9.90 Å². The van der Waals surface area contributed by atoms with Gasteiger partial charge in [0.25, 0.3) is 5.91 Å². The first kappa shape index (κ1) is 14.6. The van der Waals surface area contributed by atoms with Gasteiger partial charge in [0.05, 0.1) is 48.6 Å². The topological polar surface area (TPSA) is 93.4 Å². The molecule has 2 aromatic heterocycles. The van der Waals surface area contributed by atoms with E-state index in [0.29, 0.717) is 24.2 Å². The number of aromatic nitrogens is 4. The van der Waals surface area contributed by atoms with Crippen molar-refractivity contribution >= 4 is 5.91 Å². The average Bonchev–Trinajstić information content (AvgIpc) is 3.23. The van der Waals surface area contributed by atoms with Gasteiger partial charge in [-0.25, -0.2) is 4.68 Å². The highest BCUT2D eigenvalue weighted by Crippen LogP contribution is 2.22. The molecule has 0 aliphatic carbocycles. The van der Waals surface area contributed by atoms with E-state index in [2.05, 4.69) is 15.3 Å². The van der Waals surface area contributed by atoms with Crippen LogP contribution in [0.15, 0.2) is 30.9 Å². The number of carbonyl (C=O) groups is 1. The highest BCUT2D eigenvalue weighted by atomic mass is 16.5. The number of ether oxygens (including phenoxy) is 1. The third-order valence-electron chi connectivity index (χ3n) is 3.84. The fraction of sp³-hybridized carbons (Fsp3) is 0.429.